The van der Waals surface area contributed by atoms with Crippen LogP contribution in [-0.2, 0) is 9.59 Å². The third kappa shape index (κ3) is 6.86. The van der Waals surface area contributed by atoms with Crippen LogP contribution in [-0.4, -0.2) is 85.0 Å². The molecule has 6 nitrogen and oxygen atoms in total. The Morgan fingerprint density at radius 3 is 2.30 bits per heavy atom. The van der Waals surface area contributed by atoms with Gasteiger partial charge in [0.15, 0.2) is 0 Å². The maximum absolute atomic E-state index is 12.1. The van der Waals surface area contributed by atoms with Crippen molar-refractivity contribution in [1.82, 2.24) is 14.7 Å². The standard InChI is InChI=1S/C14H27N3O3/c1-15(2)7-5-8-16(11-6-14(19)20)12-13(18)17-9-3-4-10-17/h3-12H2,1-2H3,(H,19,20). The van der Waals surface area contributed by atoms with E-state index in [1.54, 1.807) is 0 Å². The number of carboxylic acid groups (broad SMARTS) is 1. The van der Waals surface area contributed by atoms with Crippen molar-refractivity contribution in [3.63, 3.8) is 0 Å². The molecule has 0 spiro atoms. The number of carbonyl (C=O) groups excluding carboxylic acids is 1. The average molecular weight is 285 g/mol. The van der Waals surface area contributed by atoms with Gasteiger partial charge in [0, 0.05) is 19.6 Å². The lowest BCUT2D eigenvalue weighted by Crippen LogP contribution is -2.40. The van der Waals surface area contributed by atoms with Gasteiger partial charge in [0.25, 0.3) is 0 Å². The predicted octanol–water partition coefficient (Wildman–Crippen LogP) is 0.337. The summed E-state index contributed by atoms with van der Waals surface area (Å²) in [6.07, 6.45) is 3.21. The number of carboxylic acids is 1. The Morgan fingerprint density at radius 2 is 1.75 bits per heavy atom. The first-order valence-corrected chi connectivity index (χ1v) is 7.35. The Labute approximate surface area is 121 Å². The van der Waals surface area contributed by atoms with Crippen molar-refractivity contribution in [1.29, 1.82) is 0 Å². The second-order valence-electron chi connectivity index (χ2n) is 5.66. The van der Waals surface area contributed by atoms with E-state index in [4.69, 9.17) is 5.11 Å². The molecule has 0 aliphatic carbocycles. The fraction of sp³-hybridized carbons (Fsp3) is 0.857. The zero-order valence-electron chi connectivity index (χ0n) is 12.7. The molecule has 1 N–H and O–H groups in total. The smallest absolute Gasteiger partial charge is 0.304 e. The molecule has 0 bridgehead atoms. The normalized spacial score (nSPS) is 15.3. The van der Waals surface area contributed by atoms with Crippen LogP contribution in [0.1, 0.15) is 25.7 Å². The van der Waals surface area contributed by atoms with Gasteiger partial charge in [-0.2, -0.15) is 0 Å². The second kappa shape index (κ2) is 8.92. The Kier molecular flexibility index (Phi) is 7.54. The summed E-state index contributed by atoms with van der Waals surface area (Å²) in [5.74, 6) is -0.672. The minimum atomic E-state index is -0.809. The fourth-order valence-electron chi connectivity index (χ4n) is 2.39. The van der Waals surface area contributed by atoms with Gasteiger partial charge in [0.1, 0.15) is 0 Å². The summed E-state index contributed by atoms with van der Waals surface area (Å²) in [4.78, 5) is 28.8. The van der Waals surface area contributed by atoms with Gasteiger partial charge in [0.2, 0.25) is 5.91 Å². The summed E-state index contributed by atoms with van der Waals surface area (Å²) in [7, 11) is 4.02. The summed E-state index contributed by atoms with van der Waals surface area (Å²) < 4.78 is 0. The summed E-state index contributed by atoms with van der Waals surface area (Å²) in [5, 5.41) is 8.79. The second-order valence-corrected chi connectivity index (χ2v) is 5.66. The third-order valence-electron chi connectivity index (χ3n) is 3.54. The van der Waals surface area contributed by atoms with Crippen LogP contribution in [0, 0.1) is 0 Å². The molecule has 20 heavy (non-hydrogen) atoms. The van der Waals surface area contributed by atoms with Gasteiger partial charge in [-0.25, -0.2) is 0 Å². The van der Waals surface area contributed by atoms with Gasteiger partial charge in [0.05, 0.1) is 13.0 Å². The molecule has 0 radical (unpaired) electrons. The molecule has 1 fully saturated rings. The number of likely N-dealkylation sites (tertiary alicyclic amines) is 1. The molecule has 0 atom stereocenters. The van der Waals surface area contributed by atoms with Crippen LogP contribution >= 0.6 is 0 Å². The molecule has 0 aromatic carbocycles. The molecule has 0 unspecified atom stereocenters. The van der Waals surface area contributed by atoms with E-state index < -0.39 is 5.97 Å². The van der Waals surface area contributed by atoms with Crippen LogP contribution in [0.15, 0.2) is 0 Å². The van der Waals surface area contributed by atoms with E-state index in [1.165, 1.54) is 0 Å². The monoisotopic (exact) mass is 285 g/mol. The molecule has 1 aliphatic heterocycles. The molecule has 1 saturated heterocycles. The van der Waals surface area contributed by atoms with Crippen molar-refractivity contribution in [3.8, 4) is 0 Å². The predicted molar refractivity (Wildman–Crippen MR) is 77.7 cm³/mol. The van der Waals surface area contributed by atoms with E-state index in [-0.39, 0.29) is 12.3 Å². The molecule has 1 amide bonds. The summed E-state index contributed by atoms with van der Waals surface area (Å²) >= 11 is 0. The Morgan fingerprint density at radius 1 is 1.10 bits per heavy atom. The van der Waals surface area contributed by atoms with Gasteiger partial charge in [-0.3, -0.25) is 14.5 Å². The SMILES string of the molecule is CN(C)CCCN(CCC(=O)O)CC(=O)N1CCCC1. The molecule has 116 valence electrons. The Hall–Kier alpha value is -1.14. The van der Waals surface area contributed by atoms with Gasteiger partial charge in [-0.1, -0.05) is 0 Å². The number of hydrogen-bond donors (Lipinski definition) is 1. The highest BCUT2D eigenvalue weighted by molar-refractivity contribution is 5.78. The lowest BCUT2D eigenvalue weighted by atomic mass is 10.3. The Bertz CT molecular complexity index is 315. The highest BCUT2D eigenvalue weighted by atomic mass is 16.4. The summed E-state index contributed by atoms with van der Waals surface area (Å²) in [6, 6.07) is 0. The first-order chi connectivity index (χ1) is 9.49. The van der Waals surface area contributed by atoms with E-state index in [0.29, 0.717) is 13.1 Å². The molecular formula is C14H27N3O3. The summed E-state index contributed by atoms with van der Waals surface area (Å²) in [6.45, 7) is 4.21. The highest BCUT2D eigenvalue weighted by Crippen LogP contribution is 2.08. The first-order valence-electron chi connectivity index (χ1n) is 7.35. The third-order valence-corrected chi connectivity index (χ3v) is 3.54. The van der Waals surface area contributed by atoms with Crippen LogP contribution in [0.4, 0.5) is 0 Å². The quantitative estimate of drug-likeness (QED) is 0.662. The van der Waals surface area contributed by atoms with Gasteiger partial charge < -0.3 is 14.9 Å². The summed E-state index contributed by atoms with van der Waals surface area (Å²) in [5.41, 5.74) is 0. The molecule has 1 heterocycles. The molecule has 1 aliphatic rings. The van der Waals surface area contributed by atoms with E-state index in [0.717, 1.165) is 45.4 Å². The Balaban J connectivity index is 2.38. The van der Waals surface area contributed by atoms with E-state index in [2.05, 4.69) is 4.90 Å². The molecular weight excluding hydrogens is 258 g/mol. The number of nitrogens with zero attached hydrogens (tertiary/aromatic N) is 3. The van der Waals surface area contributed by atoms with Crippen molar-refractivity contribution in [2.45, 2.75) is 25.7 Å². The fourth-order valence-corrected chi connectivity index (χ4v) is 2.39. The van der Waals surface area contributed by atoms with Gasteiger partial charge in [-0.05, 0) is 46.4 Å². The molecule has 1 rings (SSSR count). The number of hydrogen-bond acceptors (Lipinski definition) is 4. The topological polar surface area (TPSA) is 64.1 Å². The van der Waals surface area contributed by atoms with E-state index >= 15 is 0 Å². The van der Waals surface area contributed by atoms with Crippen molar-refractivity contribution in [2.75, 3.05) is 53.4 Å². The largest absolute Gasteiger partial charge is 0.481 e. The molecule has 0 saturated carbocycles. The lowest BCUT2D eigenvalue weighted by Gasteiger charge is -2.24. The minimum Gasteiger partial charge on any atom is -0.481 e. The van der Waals surface area contributed by atoms with Crippen LogP contribution in [0.5, 0.6) is 0 Å². The van der Waals surface area contributed by atoms with Crippen LogP contribution in [0.3, 0.4) is 0 Å². The number of aliphatic carboxylic acids is 1. The van der Waals surface area contributed by atoms with Crippen LogP contribution in [0.2, 0.25) is 0 Å². The van der Waals surface area contributed by atoms with E-state index in [1.807, 2.05) is 23.9 Å². The molecule has 0 aromatic heterocycles. The van der Waals surface area contributed by atoms with Gasteiger partial charge in [-0.15, -0.1) is 0 Å². The maximum Gasteiger partial charge on any atom is 0.304 e. The number of amides is 1. The highest BCUT2D eigenvalue weighted by Gasteiger charge is 2.20. The van der Waals surface area contributed by atoms with Crippen LogP contribution < -0.4 is 0 Å². The lowest BCUT2D eigenvalue weighted by molar-refractivity contribution is -0.138. The number of rotatable bonds is 9. The van der Waals surface area contributed by atoms with Crippen molar-refractivity contribution in [2.24, 2.45) is 0 Å². The zero-order valence-corrected chi connectivity index (χ0v) is 12.7. The molecule has 6 heteroatoms. The van der Waals surface area contributed by atoms with E-state index in [9.17, 15) is 9.59 Å². The average Bonchev–Trinajstić information content (AvgIpc) is 2.88. The zero-order chi connectivity index (χ0) is 15.0. The maximum atomic E-state index is 12.1. The first kappa shape index (κ1) is 16.9. The van der Waals surface area contributed by atoms with Crippen molar-refractivity contribution < 1.29 is 14.7 Å². The van der Waals surface area contributed by atoms with Crippen molar-refractivity contribution in [3.05, 3.63) is 0 Å². The van der Waals surface area contributed by atoms with Crippen molar-refractivity contribution >= 4 is 11.9 Å². The van der Waals surface area contributed by atoms with Gasteiger partial charge >= 0.3 is 5.97 Å². The van der Waals surface area contributed by atoms with Crippen LogP contribution in [0.25, 0.3) is 0 Å². The molecule has 0 aromatic rings. The minimum absolute atomic E-state index is 0.0925. The number of carbonyl (C=O) groups is 2.